The fourth-order valence-corrected chi connectivity index (χ4v) is 2.53. The summed E-state index contributed by atoms with van der Waals surface area (Å²) in [5, 5.41) is 0. The highest BCUT2D eigenvalue weighted by Crippen LogP contribution is 2.28. The maximum Gasteiger partial charge on any atom is 0.162 e. The average molecular weight is 302 g/mol. The van der Waals surface area contributed by atoms with Crippen LogP contribution in [0.4, 0.5) is 5.69 Å². The van der Waals surface area contributed by atoms with Crippen molar-refractivity contribution >= 4 is 28.2 Å². The Morgan fingerprint density at radius 1 is 1.30 bits per heavy atom. The number of amidine groups is 1. The predicted octanol–water partition coefficient (Wildman–Crippen LogP) is 3.05. The van der Waals surface area contributed by atoms with E-state index in [2.05, 4.69) is 32.6 Å². The number of hydrogen-bond acceptors (Lipinski definition) is 3. The van der Waals surface area contributed by atoms with Gasteiger partial charge in [0.05, 0.1) is 11.0 Å². The molecular weight excluding hydrogens is 288 g/mol. The second kappa shape index (κ2) is 5.10. The van der Waals surface area contributed by atoms with Crippen LogP contribution in [0.15, 0.2) is 66.8 Å². The fourth-order valence-electron chi connectivity index (χ4n) is 2.53. The number of nitrogens with two attached hydrogens (primary N) is 1. The molecule has 0 aliphatic heterocycles. The molecule has 6 heteroatoms. The number of nitrogens with one attached hydrogen (secondary N) is 1. The second-order valence-electron chi connectivity index (χ2n) is 5.15. The van der Waals surface area contributed by atoms with Crippen LogP contribution in [0.3, 0.4) is 0 Å². The first kappa shape index (κ1) is 13.3. The third-order valence-corrected chi connectivity index (χ3v) is 3.66. The van der Waals surface area contributed by atoms with Crippen molar-refractivity contribution < 1.29 is 0 Å². The van der Waals surface area contributed by atoms with Gasteiger partial charge in [-0.2, -0.15) is 0 Å². The lowest BCUT2D eigenvalue weighted by Gasteiger charge is -2.06. The summed E-state index contributed by atoms with van der Waals surface area (Å²) in [6.07, 6.45) is 10.8. The number of imidazole rings is 1. The summed E-state index contributed by atoms with van der Waals surface area (Å²) < 4.78 is 1.92. The van der Waals surface area contributed by atoms with Crippen LogP contribution in [0, 0.1) is 0 Å². The van der Waals surface area contributed by atoms with Crippen molar-refractivity contribution in [2.24, 2.45) is 10.7 Å². The molecule has 112 valence electrons. The van der Waals surface area contributed by atoms with Crippen molar-refractivity contribution in [1.82, 2.24) is 19.4 Å². The van der Waals surface area contributed by atoms with Crippen LogP contribution in [-0.2, 0) is 0 Å². The molecule has 4 heterocycles. The smallest absolute Gasteiger partial charge is 0.162 e. The Labute approximate surface area is 132 Å². The van der Waals surface area contributed by atoms with Crippen molar-refractivity contribution in [1.29, 1.82) is 0 Å². The lowest BCUT2D eigenvalue weighted by atomic mass is 10.1. The van der Waals surface area contributed by atoms with E-state index in [1.54, 1.807) is 6.20 Å². The van der Waals surface area contributed by atoms with Crippen molar-refractivity contribution in [3.05, 3.63) is 61.8 Å². The van der Waals surface area contributed by atoms with Crippen molar-refractivity contribution in [2.45, 2.75) is 0 Å². The molecule has 0 aliphatic carbocycles. The van der Waals surface area contributed by atoms with Gasteiger partial charge in [-0.05, 0) is 24.3 Å². The zero-order valence-electron chi connectivity index (χ0n) is 12.3. The highest BCUT2D eigenvalue weighted by molar-refractivity contribution is 5.94. The molecule has 4 aromatic rings. The zero-order chi connectivity index (χ0) is 15.8. The molecule has 6 nitrogen and oxygen atoms in total. The minimum absolute atomic E-state index is 0.352. The van der Waals surface area contributed by atoms with Crippen LogP contribution in [0.2, 0.25) is 0 Å². The van der Waals surface area contributed by atoms with Gasteiger partial charge in [0, 0.05) is 42.1 Å². The van der Waals surface area contributed by atoms with Gasteiger partial charge in [0.15, 0.2) is 5.65 Å². The van der Waals surface area contributed by atoms with E-state index < -0.39 is 0 Å². The Balaban J connectivity index is 1.94. The van der Waals surface area contributed by atoms with E-state index in [0.29, 0.717) is 11.5 Å². The number of rotatable bonds is 3. The third-order valence-electron chi connectivity index (χ3n) is 3.66. The van der Waals surface area contributed by atoms with Crippen LogP contribution >= 0.6 is 0 Å². The van der Waals surface area contributed by atoms with Crippen LogP contribution in [0.25, 0.3) is 27.8 Å². The quantitative estimate of drug-likeness (QED) is 0.450. The monoisotopic (exact) mass is 302 g/mol. The molecule has 0 atom stereocenters. The van der Waals surface area contributed by atoms with Crippen LogP contribution in [-0.4, -0.2) is 25.2 Å². The van der Waals surface area contributed by atoms with Gasteiger partial charge in [-0.1, -0.05) is 6.58 Å². The van der Waals surface area contributed by atoms with Crippen molar-refractivity contribution in [3.8, 4) is 11.1 Å². The Bertz CT molecular complexity index is 1050. The number of nitrogens with zero attached hydrogens (tertiary/aromatic N) is 4. The summed E-state index contributed by atoms with van der Waals surface area (Å²) in [6, 6.07) is 5.95. The molecule has 0 aromatic carbocycles. The summed E-state index contributed by atoms with van der Waals surface area (Å²) in [5.41, 5.74) is 11.1. The van der Waals surface area contributed by atoms with Gasteiger partial charge in [0.1, 0.15) is 11.5 Å². The van der Waals surface area contributed by atoms with E-state index in [9.17, 15) is 0 Å². The topological polar surface area (TPSA) is 84.4 Å². The molecule has 23 heavy (non-hydrogen) atoms. The Hall–Kier alpha value is -3.41. The number of H-pyrrole nitrogens is 1. The standard InChI is InChI=1S/C17H14N6/c1-2-16(18)22-15-8-12(10-23-6-5-20-17(15)23)11-7-14-13(21-9-11)3-4-19-14/h2-10,19H,1H2,(H2,18,22). The van der Waals surface area contributed by atoms with Gasteiger partial charge in [-0.15, -0.1) is 0 Å². The van der Waals surface area contributed by atoms with Gasteiger partial charge >= 0.3 is 0 Å². The minimum atomic E-state index is 0.352. The lowest BCUT2D eigenvalue weighted by molar-refractivity contribution is 1.18. The van der Waals surface area contributed by atoms with E-state index in [4.69, 9.17) is 5.73 Å². The largest absolute Gasteiger partial charge is 0.384 e. The minimum Gasteiger partial charge on any atom is -0.384 e. The molecule has 0 saturated heterocycles. The molecule has 3 N–H and O–H groups in total. The second-order valence-corrected chi connectivity index (χ2v) is 5.15. The SMILES string of the molecule is C=CC(N)=Nc1cc(-c2cnc3cc[nH]c3c2)cn2ccnc12. The molecule has 0 unspecified atom stereocenters. The first-order chi connectivity index (χ1) is 11.2. The lowest BCUT2D eigenvalue weighted by Crippen LogP contribution is -2.06. The molecule has 0 fully saturated rings. The Morgan fingerprint density at radius 3 is 3.09 bits per heavy atom. The third kappa shape index (κ3) is 2.26. The fraction of sp³-hybridized carbons (Fsp3) is 0. The average Bonchev–Trinajstić information content (AvgIpc) is 3.22. The summed E-state index contributed by atoms with van der Waals surface area (Å²) in [5.74, 6) is 0.352. The first-order valence-electron chi connectivity index (χ1n) is 7.11. The van der Waals surface area contributed by atoms with E-state index >= 15 is 0 Å². The number of hydrogen-bond donors (Lipinski definition) is 2. The Morgan fingerprint density at radius 2 is 2.22 bits per heavy atom. The van der Waals surface area contributed by atoms with Crippen molar-refractivity contribution in [3.63, 3.8) is 0 Å². The molecule has 0 radical (unpaired) electrons. The number of aromatic amines is 1. The van der Waals surface area contributed by atoms with Crippen LogP contribution in [0.5, 0.6) is 0 Å². The van der Waals surface area contributed by atoms with Crippen LogP contribution < -0.4 is 5.73 Å². The van der Waals surface area contributed by atoms with Gasteiger partial charge in [0.25, 0.3) is 0 Å². The normalized spacial score (nSPS) is 12.1. The number of aliphatic imine (C=N–C) groups is 1. The maximum atomic E-state index is 5.79. The van der Waals surface area contributed by atoms with Gasteiger partial charge in [-0.3, -0.25) is 4.98 Å². The maximum absolute atomic E-state index is 5.79. The first-order valence-corrected chi connectivity index (χ1v) is 7.11. The van der Waals surface area contributed by atoms with E-state index in [1.165, 1.54) is 6.08 Å². The molecule has 0 aliphatic rings. The molecule has 4 rings (SSSR count). The Kier molecular flexibility index (Phi) is 2.94. The summed E-state index contributed by atoms with van der Waals surface area (Å²) in [6.45, 7) is 3.64. The van der Waals surface area contributed by atoms with Gasteiger partial charge in [-0.25, -0.2) is 9.98 Å². The van der Waals surface area contributed by atoms with Crippen LogP contribution in [0.1, 0.15) is 0 Å². The van der Waals surface area contributed by atoms with Gasteiger partial charge in [0.2, 0.25) is 0 Å². The highest BCUT2D eigenvalue weighted by atomic mass is 15.0. The summed E-state index contributed by atoms with van der Waals surface area (Å²) >= 11 is 0. The molecule has 0 spiro atoms. The van der Waals surface area contributed by atoms with Crippen molar-refractivity contribution in [2.75, 3.05) is 0 Å². The molecular formula is C17H14N6. The summed E-state index contributed by atoms with van der Waals surface area (Å²) in [7, 11) is 0. The molecule has 0 saturated carbocycles. The van der Waals surface area contributed by atoms with E-state index in [0.717, 1.165) is 27.8 Å². The number of aromatic nitrogens is 4. The highest BCUT2D eigenvalue weighted by Gasteiger charge is 2.08. The zero-order valence-corrected chi connectivity index (χ0v) is 12.3. The van der Waals surface area contributed by atoms with E-state index in [-0.39, 0.29) is 0 Å². The molecule has 4 aromatic heterocycles. The number of fused-ring (bicyclic) bond motifs is 2. The summed E-state index contributed by atoms with van der Waals surface area (Å²) in [4.78, 5) is 16.3. The van der Waals surface area contributed by atoms with Gasteiger partial charge < -0.3 is 15.1 Å². The predicted molar refractivity (Wildman–Crippen MR) is 91.8 cm³/mol. The van der Waals surface area contributed by atoms with E-state index in [1.807, 2.05) is 41.3 Å². The molecule has 0 bridgehead atoms. The molecule has 0 amide bonds. The number of pyridine rings is 2.